The zero-order chi connectivity index (χ0) is 15.6. The fourth-order valence-electron chi connectivity index (χ4n) is 2.99. The molecule has 5 heteroatoms. The number of piperidine rings is 1. The summed E-state index contributed by atoms with van der Waals surface area (Å²) >= 11 is 0. The minimum Gasteiger partial charge on any atom is -0.316 e. The van der Waals surface area contributed by atoms with Gasteiger partial charge in [-0.3, -0.25) is 4.99 Å². The highest BCUT2D eigenvalue weighted by Gasteiger charge is 2.35. The lowest BCUT2D eigenvalue weighted by Gasteiger charge is -2.30. The Hall–Kier alpha value is -1.62. The van der Waals surface area contributed by atoms with Crippen molar-refractivity contribution in [1.82, 2.24) is 5.32 Å². The Kier molecular flexibility index (Phi) is 4.52. The molecule has 0 radical (unpaired) electrons. The number of alkyl halides is 3. The Bertz CT molecular complexity index is 549. The summed E-state index contributed by atoms with van der Waals surface area (Å²) in [6.07, 6.45) is -2.05. The van der Waals surface area contributed by atoms with E-state index in [1.807, 2.05) is 0 Å². The van der Waals surface area contributed by atoms with Crippen LogP contribution < -0.4 is 5.32 Å². The average Bonchev–Trinajstić information content (AvgIpc) is 2.44. The van der Waals surface area contributed by atoms with Gasteiger partial charge in [0.2, 0.25) is 0 Å². The minimum atomic E-state index is -4.44. The number of nitrogens with zero attached hydrogens (tertiary/aromatic N) is 1. The van der Waals surface area contributed by atoms with Gasteiger partial charge in [0.05, 0.1) is 11.3 Å². The molecule has 1 aromatic carbocycles. The Balaban J connectivity index is 2.53. The third-order valence-corrected chi connectivity index (χ3v) is 3.93. The summed E-state index contributed by atoms with van der Waals surface area (Å²) in [6, 6.07) is 2.66. The maximum absolute atomic E-state index is 13.1. The van der Waals surface area contributed by atoms with Gasteiger partial charge in [-0.05, 0) is 43.1 Å². The topological polar surface area (TPSA) is 24.4 Å². The van der Waals surface area contributed by atoms with E-state index in [9.17, 15) is 13.2 Å². The molecule has 2 atom stereocenters. The molecule has 1 aliphatic rings. The summed E-state index contributed by atoms with van der Waals surface area (Å²) < 4.78 is 39.2. The molecule has 0 saturated carbocycles. The van der Waals surface area contributed by atoms with E-state index in [1.165, 1.54) is 6.08 Å². The van der Waals surface area contributed by atoms with E-state index in [4.69, 9.17) is 0 Å². The fourth-order valence-corrected chi connectivity index (χ4v) is 2.99. The number of halogens is 3. The van der Waals surface area contributed by atoms with Crippen LogP contribution in [0.5, 0.6) is 0 Å². The molecule has 2 unspecified atom stereocenters. The molecule has 1 saturated heterocycles. The van der Waals surface area contributed by atoms with Gasteiger partial charge >= 0.3 is 6.18 Å². The summed E-state index contributed by atoms with van der Waals surface area (Å²) in [4.78, 5) is 3.62. The standard InChI is InChI=1S/C16H19F3N2/c1-4-12-13(11-7-10(2)8-21-9-11)5-6-14(15(12)20-3)16(17,18)19/h4-6,10-11,21H,1,3,7-9H2,2H3. The van der Waals surface area contributed by atoms with E-state index in [0.717, 1.165) is 31.1 Å². The van der Waals surface area contributed by atoms with Gasteiger partial charge in [-0.1, -0.05) is 25.6 Å². The van der Waals surface area contributed by atoms with Crippen LogP contribution in [0.3, 0.4) is 0 Å². The highest BCUT2D eigenvalue weighted by Crippen LogP contribution is 2.42. The molecule has 1 fully saturated rings. The first-order valence-electron chi connectivity index (χ1n) is 6.92. The first-order valence-corrected chi connectivity index (χ1v) is 6.92. The quantitative estimate of drug-likeness (QED) is 0.822. The molecule has 21 heavy (non-hydrogen) atoms. The van der Waals surface area contributed by atoms with Crippen molar-refractivity contribution in [3.05, 3.63) is 35.4 Å². The van der Waals surface area contributed by atoms with E-state index in [2.05, 4.69) is 30.5 Å². The number of aliphatic imine (C=N–C) groups is 1. The highest BCUT2D eigenvalue weighted by atomic mass is 19.4. The molecule has 0 spiro atoms. The van der Waals surface area contributed by atoms with Gasteiger partial charge < -0.3 is 5.32 Å². The lowest BCUT2D eigenvalue weighted by atomic mass is 9.83. The van der Waals surface area contributed by atoms with Crippen molar-refractivity contribution in [2.24, 2.45) is 10.9 Å². The summed E-state index contributed by atoms with van der Waals surface area (Å²) in [6.45, 7) is 10.8. The zero-order valence-corrected chi connectivity index (χ0v) is 12.0. The monoisotopic (exact) mass is 296 g/mol. The van der Waals surface area contributed by atoms with Gasteiger partial charge in [0, 0.05) is 12.1 Å². The molecule has 0 bridgehead atoms. The van der Waals surface area contributed by atoms with Crippen molar-refractivity contribution in [3.8, 4) is 0 Å². The fraction of sp³-hybridized carbons (Fsp3) is 0.438. The molecule has 0 aromatic heterocycles. The summed E-state index contributed by atoms with van der Waals surface area (Å²) in [5, 5.41) is 3.31. The van der Waals surface area contributed by atoms with Gasteiger partial charge in [-0.15, -0.1) is 0 Å². The van der Waals surface area contributed by atoms with Gasteiger partial charge in [0.25, 0.3) is 0 Å². The summed E-state index contributed by atoms with van der Waals surface area (Å²) in [5.41, 5.74) is 0.432. The molecule has 1 N–H and O–H groups in total. The number of benzene rings is 1. The molecule has 1 aliphatic heterocycles. The van der Waals surface area contributed by atoms with Crippen LogP contribution in [0.25, 0.3) is 6.08 Å². The predicted molar refractivity (Wildman–Crippen MR) is 80.1 cm³/mol. The summed E-state index contributed by atoms with van der Waals surface area (Å²) in [7, 11) is 0. The molecule has 114 valence electrons. The molecule has 0 aliphatic carbocycles. The Labute approximate surface area is 122 Å². The highest BCUT2D eigenvalue weighted by molar-refractivity contribution is 5.72. The molecular weight excluding hydrogens is 277 g/mol. The van der Waals surface area contributed by atoms with Crippen LogP contribution in [0.15, 0.2) is 23.7 Å². The molecular formula is C16H19F3N2. The third kappa shape index (κ3) is 3.18. The summed E-state index contributed by atoms with van der Waals surface area (Å²) in [5.74, 6) is 0.661. The van der Waals surface area contributed by atoms with Crippen molar-refractivity contribution in [2.45, 2.75) is 25.4 Å². The van der Waals surface area contributed by atoms with E-state index < -0.39 is 11.7 Å². The van der Waals surface area contributed by atoms with Crippen molar-refractivity contribution in [1.29, 1.82) is 0 Å². The van der Waals surface area contributed by atoms with E-state index in [0.29, 0.717) is 11.5 Å². The Morgan fingerprint density at radius 2 is 2.05 bits per heavy atom. The van der Waals surface area contributed by atoms with Crippen molar-refractivity contribution in [2.75, 3.05) is 13.1 Å². The molecule has 0 amide bonds. The average molecular weight is 296 g/mol. The lowest BCUT2D eigenvalue weighted by Crippen LogP contribution is -2.34. The van der Waals surface area contributed by atoms with E-state index >= 15 is 0 Å². The molecule has 1 aromatic rings. The second-order valence-electron chi connectivity index (χ2n) is 5.52. The minimum absolute atomic E-state index is 0.117. The second kappa shape index (κ2) is 6.02. The Morgan fingerprint density at radius 1 is 1.33 bits per heavy atom. The predicted octanol–water partition coefficient (Wildman–Crippen LogP) is 4.39. The normalized spacial score (nSPS) is 22.9. The first kappa shape index (κ1) is 15.8. The molecule has 1 heterocycles. The number of nitrogens with one attached hydrogen (secondary N) is 1. The van der Waals surface area contributed by atoms with E-state index in [1.54, 1.807) is 6.07 Å². The van der Waals surface area contributed by atoms with Crippen LogP contribution in [0, 0.1) is 5.92 Å². The van der Waals surface area contributed by atoms with Crippen molar-refractivity contribution in [3.63, 3.8) is 0 Å². The van der Waals surface area contributed by atoms with Crippen molar-refractivity contribution >= 4 is 18.5 Å². The van der Waals surface area contributed by atoms with Crippen LogP contribution >= 0.6 is 0 Å². The maximum Gasteiger partial charge on any atom is 0.418 e. The second-order valence-corrected chi connectivity index (χ2v) is 5.52. The Morgan fingerprint density at radius 3 is 2.57 bits per heavy atom. The van der Waals surface area contributed by atoms with Gasteiger partial charge in [0.15, 0.2) is 0 Å². The van der Waals surface area contributed by atoms with Crippen LogP contribution in [0.1, 0.15) is 36.0 Å². The molecule has 2 rings (SSSR count). The smallest absolute Gasteiger partial charge is 0.316 e. The first-order chi connectivity index (χ1) is 9.88. The lowest BCUT2D eigenvalue weighted by molar-refractivity contribution is -0.137. The van der Waals surface area contributed by atoms with Gasteiger partial charge in [-0.2, -0.15) is 13.2 Å². The number of rotatable bonds is 3. The zero-order valence-electron chi connectivity index (χ0n) is 12.0. The SMILES string of the molecule is C=Cc1c(C2CNCC(C)C2)ccc(C(F)(F)F)c1N=C. The van der Waals surface area contributed by atoms with Crippen LogP contribution in [-0.2, 0) is 6.18 Å². The van der Waals surface area contributed by atoms with Crippen LogP contribution in [-0.4, -0.2) is 19.8 Å². The maximum atomic E-state index is 13.1. The van der Waals surface area contributed by atoms with Gasteiger partial charge in [-0.25, -0.2) is 0 Å². The van der Waals surface area contributed by atoms with Crippen molar-refractivity contribution < 1.29 is 13.2 Å². The third-order valence-electron chi connectivity index (χ3n) is 3.93. The largest absolute Gasteiger partial charge is 0.418 e. The van der Waals surface area contributed by atoms with Crippen LogP contribution in [0.2, 0.25) is 0 Å². The molecule has 2 nitrogen and oxygen atoms in total. The van der Waals surface area contributed by atoms with Crippen LogP contribution in [0.4, 0.5) is 18.9 Å². The number of hydrogen-bond acceptors (Lipinski definition) is 2. The van der Waals surface area contributed by atoms with E-state index in [-0.39, 0.29) is 11.6 Å². The number of hydrogen-bond donors (Lipinski definition) is 1. The van der Waals surface area contributed by atoms with Gasteiger partial charge in [0.1, 0.15) is 0 Å².